The fraction of sp³-hybridized carbons (Fsp3) is 0.250. The van der Waals surface area contributed by atoms with Gasteiger partial charge in [-0.15, -0.1) is 11.3 Å². The summed E-state index contributed by atoms with van der Waals surface area (Å²) < 4.78 is 1.41. The number of nitriles is 1. The van der Waals surface area contributed by atoms with Crippen LogP contribution in [0.3, 0.4) is 0 Å². The fourth-order valence-electron chi connectivity index (χ4n) is 1.61. The zero-order chi connectivity index (χ0) is 13.7. The third-order valence-corrected chi connectivity index (χ3v) is 3.32. The van der Waals surface area contributed by atoms with E-state index in [1.54, 1.807) is 0 Å². The van der Waals surface area contributed by atoms with Gasteiger partial charge in [-0.05, 0) is 11.4 Å². The maximum atomic E-state index is 11.9. The topological polar surface area (TPSA) is 90.9 Å². The van der Waals surface area contributed by atoms with Crippen LogP contribution in [0, 0.1) is 11.3 Å². The maximum absolute atomic E-state index is 11.9. The fourth-order valence-corrected chi connectivity index (χ4v) is 2.31. The molecule has 0 saturated heterocycles. The van der Waals surface area contributed by atoms with Crippen LogP contribution in [0.2, 0.25) is 0 Å². The lowest BCUT2D eigenvalue weighted by Gasteiger charge is -2.07. The first-order valence-electron chi connectivity index (χ1n) is 5.63. The molecule has 2 aromatic rings. The van der Waals surface area contributed by atoms with Crippen molar-refractivity contribution < 1.29 is 9.90 Å². The van der Waals surface area contributed by atoms with Gasteiger partial charge in [-0.25, -0.2) is 4.68 Å². The van der Waals surface area contributed by atoms with Crippen LogP contribution in [0.15, 0.2) is 23.7 Å². The number of amides is 1. The quantitative estimate of drug-likeness (QED) is 0.852. The van der Waals surface area contributed by atoms with E-state index < -0.39 is 0 Å². The second kappa shape index (κ2) is 6.13. The molecule has 2 rings (SSSR count). The van der Waals surface area contributed by atoms with Crippen LogP contribution in [0.1, 0.15) is 10.4 Å². The molecular weight excluding hydrogens is 264 g/mol. The number of aliphatic hydroxyl groups is 1. The number of rotatable bonds is 5. The summed E-state index contributed by atoms with van der Waals surface area (Å²) in [6, 6.07) is 5.72. The maximum Gasteiger partial charge on any atom is 0.230 e. The first kappa shape index (κ1) is 13.3. The van der Waals surface area contributed by atoms with Gasteiger partial charge in [-0.2, -0.15) is 10.4 Å². The number of thiophene rings is 1. The molecule has 0 aliphatic rings. The lowest BCUT2D eigenvalue weighted by molar-refractivity contribution is -0.115. The number of aliphatic hydroxyl groups excluding tert-OH is 1. The van der Waals surface area contributed by atoms with Crippen molar-refractivity contribution >= 4 is 23.1 Å². The van der Waals surface area contributed by atoms with Crippen molar-refractivity contribution in [2.75, 3.05) is 11.9 Å². The minimum absolute atomic E-state index is 0.111. The molecule has 2 N–H and O–H groups in total. The Hall–Kier alpha value is -2.17. The van der Waals surface area contributed by atoms with Crippen LogP contribution in [0.25, 0.3) is 0 Å². The summed E-state index contributed by atoms with van der Waals surface area (Å²) in [5.41, 5.74) is 0.285. The molecule has 2 aromatic heterocycles. The monoisotopic (exact) mass is 276 g/mol. The molecule has 0 aliphatic carbocycles. The molecular formula is C12H12N4O2S. The number of hydrogen-bond acceptors (Lipinski definition) is 5. The number of nitrogens with one attached hydrogen (secondary N) is 1. The second-order valence-electron chi connectivity index (χ2n) is 3.77. The average Bonchev–Trinajstić information content (AvgIpc) is 3.01. The van der Waals surface area contributed by atoms with E-state index in [1.165, 1.54) is 22.2 Å². The first-order valence-corrected chi connectivity index (χ1v) is 6.51. The van der Waals surface area contributed by atoms with Crippen LogP contribution in [0.4, 0.5) is 5.82 Å². The molecule has 0 bridgehead atoms. The summed E-state index contributed by atoms with van der Waals surface area (Å²) in [4.78, 5) is 12.8. The van der Waals surface area contributed by atoms with Crippen molar-refractivity contribution in [1.29, 1.82) is 5.26 Å². The molecule has 6 nitrogen and oxygen atoms in total. The Kier molecular flexibility index (Phi) is 4.28. The Morgan fingerprint density at radius 1 is 1.63 bits per heavy atom. The molecule has 0 saturated carbocycles. The van der Waals surface area contributed by atoms with Crippen LogP contribution in [-0.2, 0) is 17.8 Å². The molecule has 0 fully saturated rings. The molecule has 1 amide bonds. The van der Waals surface area contributed by atoms with Gasteiger partial charge >= 0.3 is 0 Å². The predicted octanol–water partition coefficient (Wildman–Crippen LogP) is 0.990. The Morgan fingerprint density at radius 3 is 3.11 bits per heavy atom. The SMILES string of the molecule is N#Cc1cnn(CCO)c1NC(=O)Cc1cccs1. The normalized spacial score (nSPS) is 10.1. The second-order valence-corrected chi connectivity index (χ2v) is 4.80. The minimum atomic E-state index is -0.210. The van der Waals surface area contributed by atoms with E-state index in [0.717, 1.165) is 4.88 Å². The van der Waals surface area contributed by atoms with Gasteiger partial charge in [-0.1, -0.05) is 6.07 Å². The highest BCUT2D eigenvalue weighted by molar-refractivity contribution is 7.10. The number of hydrogen-bond donors (Lipinski definition) is 2. The standard InChI is InChI=1S/C12H12N4O2S/c13-7-9-8-14-16(3-4-17)12(9)15-11(18)6-10-2-1-5-19-10/h1-2,5,8,17H,3-4,6H2,(H,15,18). The highest BCUT2D eigenvalue weighted by Crippen LogP contribution is 2.15. The third kappa shape index (κ3) is 3.19. The van der Waals surface area contributed by atoms with Gasteiger partial charge in [-0.3, -0.25) is 4.79 Å². The summed E-state index contributed by atoms with van der Waals surface area (Å²) in [5, 5.41) is 26.4. The van der Waals surface area contributed by atoms with Crippen molar-refractivity contribution in [3.63, 3.8) is 0 Å². The molecule has 98 valence electrons. The molecule has 0 aliphatic heterocycles. The van der Waals surface area contributed by atoms with Crippen molar-refractivity contribution in [2.24, 2.45) is 0 Å². The number of aromatic nitrogens is 2. The molecule has 19 heavy (non-hydrogen) atoms. The minimum Gasteiger partial charge on any atom is -0.394 e. The lowest BCUT2D eigenvalue weighted by Crippen LogP contribution is -2.18. The van der Waals surface area contributed by atoms with Crippen LogP contribution < -0.4 is 5.32 Å². The zero-order valence-electron chi connectivity index (χ0n) is 10.0. The van der Waals surface area contributed by atoms with E-state index >= 15 is 0 Å². The lowest BCUT2D eigenvalue weighted by atomic mass is 10.3. The molecule has 7 heteroatoms. The van der Waals surface area contributed by atoms with Gasteiger partial charge < -0.3 is 10.4 Å². The van der Waals surface area contributed by atoms with Gasteiger partial charge in [0.25, 0.3) is 0 Å². The predicted molar refractivity (Wildman–Crippen MR) is 70.7 cm³/mol. The van der Waals surface area contributed by atoms with E-state index in [1.807, 2.05) is 23.6 Å². The van der Waals surface area contributed by atoms with E-state index in [9.17, 15) is 4.79 Å². The van der Waals surface area contributed by atoms with Crippen LogP contribution in [0.5, 0.6) is 0 Å². The zero-order valence-corrected chi connectivity index (χ0v) is 10.9. The van der Waals surface area contributed by atoms with Crippen molar-refractivity contribution in [3.05, 3.63) is 34.2 Å². The summed E-state index contributed by atoms with van der Waals surface area (Å²) in [6.45, 7) is 0.122. The highest BCUT2D eigenvalue weighted by Gasteiger charge is 2.14. The van der Waals surface area contributed by atoms with Crippen LogP contribution >= 0.6 is 11.3 Å². The Balaban J connectivity index is 2.11. The number of carbonyl (C=O) groups is 1. The van der Waals surface area contributed by atoms with Crippen LogP contribution in [-0.4, -0.2) is 27.4 Å². The largest absolute Gasteiger partial charge is 0.394 e. The summed E-state index contributed by atoms with van der Waals surface area (Å²) in [5.74, 6) is 0.122. The van der Waals surface area contributed by atoms with Gasteiger partial charge in [0.1, 0.15) is 17.5 Å². The van der Waals surface area contributed by atoms with Crippen molar-refractivity contribution in [2.45, 2.75) is 13.0 Å². The van der Waals surface area contributed by atoms with Gasteiger partial charge in [0, 0.05) is 4.88 Å². The molecule has 0 atom stereocenters. The van der Waals surface area contributed by atoms with E-state index in [4.69, 9.17) is 10.4 Å². The van der Waals surface area contributed by atoms with Gasteiger partial charge in [0.2, 0.25) is 5.91 Å². The molecule has 0 spiro atoms. The Morgan fingerprint density at radius 2 is 2.47 bits per heavy atom. The number of carbonyl (C=O) groups excluding carboxylic acids is 1. The molecule has 0 aromatic carbocycles. The number of nitrogens with zero attached hydrogens (tertiary/aromatic N) is 3. The Bertz CT molecular complexity index is 598. The summed E-state index contributed by atoms with van der Waals surface area (Å²) in [7, 11) is 0. The highest BCUT2D eigenvalue weighted by atomic mass is 32.1. The number of anilines is 1. The summed E-state index contributed by atoms with van der Waals surface area (Å²) in [6.07, 6.45) is 1.63. The molecule has 2 heterocycles. The Labute approximate surface area is 113 Å². The third-order valence-electron chi connectivity index (χ3n) is 2.44. The smallest absolute Gasteiger partial charge is 0.230 e. The van der Waals surface area contributed by atoms with Gasteiger partial charge in [0.15, 0.2) is 0 Å². The molecule has 0 unspecified atom stereocenters. The van der Waals surface area contributed by atoms with E-state index in [2.05, 4.69) is 10.4 Å². The van der Waals surface area contributed by atoms with E-state index in [-0.39, 0.29) is 31.0 Å². The summed E-state index contributed by atoms with van der Waals surface area (Å²) >= 11 is 1.50. The molecule has 0 radical (unpaired) electrons. The average molecular weight is 276 g/mol. The van der Waals surface area contributed by atoms with Crippen molar-refractivity contribution in [3.8, 4) is 6.07 Å². The first-order chi connectivity index (χ1) is 9.24. The van der Waals surface area contributed by atoms with Crippen molar-refractivity contribution in [1.82, 2.24) is 9.78 Å². The van der Waals surface area contributed by atoms with Gasteiger partial charge in [0.05, 0.1) is 25.8 Å². The van der Waals surface area contributed by atoms with E-state index in [0.29, 0.717) is 5.82 Å².